The minimum atomic E-state index is -0.820. The highest BCUT2D eigenvalue weighted by Gasteiger charge is 2.41. The summed E-state index contributed by atoms with van der Waals surface area (Å²) < 4.78 is 5.74. The molecule has 0 bridgehead atoms. The largest absolute Gasteiger partial charge is 0.460 e. The van der Waals surface area contributed by atoms with Gasteiger partial charge in [0.2, 0.25) is 11.8 Å². The molecule has 1 aromatic rings. The van der Waals surface area contributed by atoms with Gasteiger partial charge in [-0.25, -0.2) is 0 Å². The minimum absolute atomic E-state index is 0.160. The number of hydrogen-bond acceptors (Lipinski definition) is 5. The van der Waals surface area contributed by atoms with Gasteiger partial charge in [0.25, 0.3) is 0 Å². The highest BCUT2D eigenvalue weighted by Crippen LogP contribution is 2.31. The zero-order valence-electron chi connectivity index (χ0n) is 22.7. The molecule has 6 nitrogen and oxygen atoms in total. The van der Waals surface area contributed by atoms with Crippen LogP contribution in [0.5, 0.6) is 0 Å². The lowest BCUT2D eigenvalue weighted by Gasteiger charge is -2.34. The maximum Gasteiger partial charge on any atom is 0.310 e. The second kappa shape index (κ2) is 12.5. The molecule has 2 amide bonds. The van der Waals surface area contributed by atoms with Crippen molar-refractivity contribution in [2.45, 2.75) is 92.7 Å². The number of benzene rings is 1. The molecule has 0 aromatic heterocycles. The lowest BCUT2D eigenvalue weighted by Crippen LogP contribution is -2.53. The summed E-state index contributed by atoms with van der Waals surface area (Å²) in [6, 6.07) is 9.24. The zero-order valence-corrected chi connectivity index (χ0v) is 22.7. The molecule has 2 N–H and O–H groups in total. The van der Waals surface area contributed by atoms with E-state index < -0.39 is 34.8 Å². The van der Waals surface area contributed by atoms with Crippen LogP contribution in [0.15, 0.2) is 30.3 Å². The normalized spacial score (nSPS) is 14.9. The van der Waals surface area contributed by atoms with Gasteiger partial charge in [0.05, 0.1) is 17.9 Å². The average Bonchev–Trinajstić information content (AvgIpc) is 2.72. The summed E-state index contributed by atoms with van der Waals surface area (Å²) in [4.78, 5) is 41.1. The third kappa shape index (κ3) is 9.57. The molecule has 0 aliphatic heterocycles. The Labute approximate surface area is 206 Å². The fraction of sp³-hybridized carbons (Fsp3) is 0.679. The van der Waals surface area contributed by atoms with E-state index >= 15 is 0 Å². The number of amides is 2. The van der Waals surface area contributed by atoms with Crippen LogP contribution in [0.25, 0.3) is 0 Å². The van der Waals surface area contributed by atoms with Gasteiger partial charge in [0.15, 0.2) is 0 Å². The lowest BCUT2D eigenvalue weighted by molar-refractivity contribution is -0.167. The van der Waals surface area contributed by atoms with Crippen molar-refractivity contribution in [1.29, 1.82) is 0 Å². The summed E-state index contributed by atoms with van der Waals surface area (Å²) in [5, 5.41) is 0. The van der Waals surface area contributed by atoms with Gasteiger partial charge in [0.1, 0.15) is 5.60 Å². The van der Waals surface area contributed by atoms with Crippen molar-refractivity contribution < 1.29 is 19.1 Å². The fourth-order valence-electron chi connectivity index (χ4n) is 3.91. The Morgan fingerprint density at radius 3 is 1.97 bits per heavy atom. The molecule has 0 saturated heterocycles. The van der Waals surface area contributed by atoms with E-state index in [0.717, 1.165) is 17.7 Å². The van der Waals surface area contributed by atoms with Crippen LogP contribution >= 0.6 is 0 Å². The topological polar surface area (TPSA) is 89.7 Å². The van der Waals surface area contributed by atoms with Crippen molar-refractivity contribution in [2.24, 2.45) is 28.9 Å². The molecular weight excluding hydrogens is 428 g/mol. The zero-order chi connectivity index (χ0) is 26.3. The van der Waals surface area contributed by atoms with Crippen molar-refractivity contribution in [3.8, 4) is 0 Å². The summed E-state index contributed by atoms with van der Waals surface area (Å²) in [6.45, 7) is 15.1. The number of carbonyl (C=O) groups excluding carboxylic acids is 3. The number of likely N-dealkylation sites (N-methyl/N-ethyl adjacent to an activating group) is 1. The first kappa shape index (κ1) is 29.8. The molecule has 1 unspecified atom stereocenters. The summed E-state index contributed by atoms with van der Waals surface area (Å²) in [6.07, 6.45) is 2.51. The molecule has 34 heavy (non-hydrogen) atoms. The number of carbonyl (C=O) groups is 3. The summed E-state index contributed by atoms with van der Waals surface area (Å²) in [5.74, 6) is -2.33. The van der Waals surface area contributed by atoms with Gasteiger partial charge in [-0.05, 0) is 63.4 Å². The van der Waals surface area contributed by atoms with Crippen LogP contribution in [0.2, 0.25) is 0 Å². The second-order valence-electron chi connectivity index (χ2n) is 11.8. The summed E-state index contributed by atoms with van der Waals surface area (Å²) in [7, 11) is 1.47. The number of nitrogens with zero attached hydrogens (tertiary/aromatic N) is 1. The molecular formula is C28H46N2O4. The molecule has 0 aliphatic rings. The van der Waals surface area contributed by atoms with E-state index in [9.17, 15) is 14.4 Å². The average molecular weight is 475 g/mol. The number of imide groups is 1. The van der Waals surface area contributed by atoms with Crippen LogP contribution < -0.4 is 5.73 Å². The molecule has 3 atom stereocenters. The van der Waals surface area contributed by atoms with E-state index in [1.807, 2.05) is 73.6 Å². The summed E-state index contributed by atoms with van der Waals surface area (Å²) >= 11 is 0. The van der Waals surface area contributed by atoms with Crippen molar-refractivity contribution >= 4 is 17.8 Å². The molecule has 1 rings (SSSR count). The van der Waals surface area contributed by atoms with Crippen molar-refractivity contribution in [3.05, 3.63) is 35.9 Å². The van der Waals surface area contributed by atoms with E-state index in [0.29, 0.717) is 12.8 Å². The maximum atomic E-state index is 13.6. The van der Waals surface area contributed by atoms with Gasteiger partial charge >= 0.3 is 5.97 Å². The van der Waals surface area contributed by atoms with Crippen molar-refractivity contribution in [3.63, 3.8) is 0 Å². The van der Waals surface area contributed by atoms with Crippen molar-refractivity contribution in [2.75, 3.05) is 7.05 Å². The van der Waals surface area contributed by atoms with Crippen molar-refractivity contribution in [1.82, 2.24) is 4.90 Å². The van der Waals surface area contributed by atoms with Crippen LogP contribution in [-0.2, 0) is 25.5 Å². The standard InChI is InChI=1S/C28H46N2O4/c1-19(2)18-22(24(31)30(9)25(32)23(29)27(3,4)5)21(26(33)34-28(6,7)8)17-13-16-20-14-11-10-12-15-20/h10-12,14-15,19,21-23H,13,16-18,29H2,1-9H3/t21?,22-,23-/m1/s1. The number of aryl methyl sites for hydroxylation is 1. The molecule has 6 heteroatoms. The monoisotopic (exact) mass is 474 g/mol. The number of nitrogens with two attached hydrogens (primary N) is 1. The van der Waals surface area contributed by atoms with E-state index in [2.05, 4.69) is 12.1 Å². The van der Waals surface area contributed by atoms with Gasteiger partial charge in [-0.2, -0.15) is 0 Å². The smallest absolute Gasteiger partial charge is 0.310 e. The first-order valence-corrected chi connectivity index (χ1v) is 12.4. The van der Waals surface area contributed by atoms with Gasteiger partial charge in [-0.1, -0.05) is 65.0 Å². The molecule has 0 heterocycles. The third-order valence-corrected chi connectivity index (χ3v) is 5.92. The Morgan fingerprint density at radius 1 is 0.941 bits per heavy atom. The van der Waals surface area contributed by atoms with Crippen LogP contribution in [0, 0.1) is 23.2 Å². The second-order valence-corrected chi connectivity index (χ2v) is 11.8. The van der Waals surface area contributed by atoms with Gasteiger partial charge < -0.3 is 10.5 Å². The number of hydrogen-bond donors (Lipinski definition) is 1. The van der Waals surface area contributed by atoms with Crippen LogP contribution in [0.1, 0.15) is 80.2 Å². The van der Waals surface area contributed by atoms with Gasteiger partial charge in [0, 0.05) is 7.05 Å². The molecule has 0 aliphatic carbocycles. The number of ether oxygens (including phenoxy) is 1. The van der Waals surface area contributed by atoms with Crippen LogP contribution in [0.4, 0.5) is 0 Å². The van der Waals surface area contributed by atoms with E-state index in [1.165, 1.54) is 12.6 Å². The lowest BCUT2D eigenvalue weighted by atomic mass is 9.80. The summed E-state index contributed by atoms with van der Waals surface area (Å²) in [5.41, 5.74) is 6.19. The van der Waals surface area contributed by atoms with E-state index in [-0.39, 0.29) is 17.8 Å². The molecule has 0 radical (unpaired) electrons. The molecule has 192 valence electrons. The Bertz CT molecular complexity index is 806. The molecule has 0 saturated carbocycles. The third-order valence-electron chi connectivity index (χ3n) is 5.92. The first-order valence-electron chi connectivity index (χ1n) is 12.4. The fourth-order valence-corrected chi connectivity index (χ4v) is 3.91. The Balaban J connectivity index is 3.22. The van der Waals surface area contributed by atoms with Gasteiger partial charge in [-0.3, -0.25) is 19.3 Å². The SMILES string of the molecule is CC(C)C[C@@H](C(=O)N(C)C(=O)[C@@H](N)C(C)(C)C)C(CCCc1ccccc1)C(=O)OC(C)(C)C. The Morgan fingerprint density at radius 2 is 1.50 bits per heavy atom. The quantitative estimate of drug-likeness (QED) is 0.483. The number of rotatable bonds is 10. The molecule has 0 fully saturated rings. The van der Waals surface area contributed by atoms with E-state index in [1.54, 1.807) is 0 Å². The first-order chi connectivity index (χ1) is 15.5. The molecule has 1 aromatic carbocycles. The Kier molecular flexibility index (Phi) is 10.9. The predicted molar refractivity (Wildman–Crippen MR) is 137 cm³/mol. The molecule has 0 spiro atoms. The minimum Gasteiger partial charge on any atom is -0.460 e. The van der Waals surface area contributed by atoms with Crippen LogP contribution in [-0.4, -0.2) is 41.4 Å². The Hall–Kier alpha value is -2.21. The maximum absolute atomic E-state index is 13.6. The number of esters is 1. The van der Waals surface area contributed by atoms with E-state index in [4.69, 9.17) is 10.5 Å². The van der Waals surface area contributed by atoms with Crippen LogP contribution in [0.3, 0.4) is 0 Å². The highest BCUT2D eigenvalue weighted by molar-refractivity contribution is 6.00. The predicted octanol–water partition coefficient (Wildman–Crippen LogP) is 4.99. The highest BCUT2D eigenvalue weighted by atomic mass is 16.6. The van der Waals surface area contributed by atoms with Gasteiger partial charge in [-0.15, -0.1) is 0 Å².